The van der Waals surface area contributed by atoms with Crippen LogP contribution in [0.1, 0.15) is 49.8 Å². The highest BCUT2D eigenvalue weighted by atomic mass is 16.5. The van der Waals surface area contributed by atoms with Crippen molar-refractivity contribution in [1.82, 2.24) is 15.2 Å². The Morgan fingerprint density at radius 1 is 1.13 bits per heavy atom. The minimum absolute atomic E-state index is 0.0289. The lowest BCUT2D eigenvalue weighted by atomic mass is 9.76. The third-order valence-electron chi connectivity index (χ3n) is 8.90. The second-order valence-corrected chi connectivity index (χ2v) is 11.2. The van der Waals surface area contributed by atoms with E-state index in [2.05, 4.69) is 26.7 Å². The van der Waals surface area contributed by atoms with Crippen molar-refractivity contribution in [3.63, 3.8) is 0 Å². The maximum absolute atomic E-state index is 13.5. The van der Waals surface area contributed by atoms with Crippen molar-refractivity contribution >= 4 is 29.3 Å². The van der Waals surface area contributed by atoms with Gasteiger partial charge in [0, 0.05) is 37.8 Å². The summed E-state index contributed by atoms with van der Waals surface area (Å²) >= 11 is 0. The number of hydrogen-bond donors (Lipinski definition) is 2. The molecule has 6 heterocycles. The van der Waals surface area contributed by atoms with Crippen LogP contribution in [0.25, 0.3) is 0 Å². The molecular formula is C29H34N6O4. The van der Waals surface area contributed by atoms with Crippen LogP contribution in [0.3, 0.4) is 0 Å². The molecule has 1 saturated carbocycles. The van der Waals surface area contributed by atoms with E-state index in [9.17, 15) is 9.59 Å². The number of aromatic nitrogens is 1. The molecule has 1 aliphatic carbocycles. The molecule has 3 fully saturated rings. The summed E-state index contributed by atoms with van der Waals surface area (Å²) in [5.41, 5.74) is 2.66. The van der Waals surface area contributed by atoms with E-state index in [1.165, 1.54) is 0 Å². The molecular weight excluding hydrogens is 496 g/mol. The van der Waals surface area contributed by atoms with E-state index in [4.69, 9.17) is 9.47 Å². The fourth-order valence-electron chi connectivity index (χ4n) is 6.70. The number of anilines is 2. The molecule has 1 unspecified atom stereocenters. The molecule has 39 heavy (non-hydrogen) atoms. The number of ether oxygens (including phenoxy) is 2. The van der Waals surface area contributed by atoms with Gasteiger partial charge < -0.3 is 20.1 Å². The number of urea groups is 1. The summed E-state index contributed by atoms with van der Waals surface area (Å²) < 4.78 is 12.1. The average molecular weight is 531 g/mol. The molecule has 2 bridgehead atoms. The summed E-state index contributed by atoms with van der Waals surface area (Å²) in [7, 11) is 0. The highest BCUT2D eigenvalue weighted by molar-refractivity contribution is 6.19. The zero-order chi connectivity index (χ0) is 26.4. The molecule has 3 amide bonds. The lowest BCUT2D eigenvalue weighted by Gasteiger charge is -2.42. The zero-order valence-electron chi connectivity index (χ0n) is 22.0. The first-order valence-corrected chi connectivity index (χ1v) is 14.1. The molecule has 1 aromatic heterocycles. The van der Waals surface area contributed by atoms with E-state index in [-0.39, 0.29) is 30.2 Å². The first kappa shape index (κ1) is 24.5. The van der Waals surface area contributed by atoms with Gasteiger partial charge in [-0.1, -0.05) is 12.1 Å². The lowest BCUT2D eigenvalue weighted by Crippen LogP contribution is -2.54. The number of carbonyl (C=O) groups is 2. The van der Waals surface area contributed by atoms with E-state index in [1.54, 1.807) is 0 Å². The van der Waals surface area contributed by atoms with Gasteiger partial charge in [-0.05, 0) is 68.7 Å². The summed E-state index contributed by atoms with van der Waals surface area (Å²) in [4.78, 5) is 38.2. The number of amides is 3. The van der Waals surface area contributed by atoms with Crippen LogP contribution in [0.4, 0.5) is 16.3 Å². The fourth-order valence-corrected chi connectivity index (χ4v) is 6.70. The van der Waals surface area contributed by atoms with Crippen LogP contribution in [-0.4, -0.2) is 72.1 Å². The normalized spacial score (nSPS) is 27.5. The Balaban J connectivity index is 1.01. The number of nitrogens with one attached hydrogen (secondary N) is 2. The summed E-state index contributed by atoms with van der Waals surface area (Å²) in [6, 6.07) is 12.2. The molecule has 5 aliphatic heterocycles. The van der Waals surface area contributed by atoms with E-state index >= 15 is 0 Å². The SMILES string of the molecule is O=C1COc2ccc(CNC3COC4(CCN5C(=O)N6CCCN=C6c6ccccc65)CCC3CC4)nc2N1. The van der Waals surface area contributed by atoms with E-state index in [0.29, 0.717) is 37.2 Å². The minimum atomic E-state index is -0.204. The Bertz CT molecular complexity index is 1320. The number of amidine groups is 1. The number of benzene rings is 1. The molecule has 0 spiro atoms. The summed E-state index contributed by atoms with van der Waals surface area (Å²) in [5.74, 6) is 2.28. The topological polar surface area (TPSA) is 108 Å². The van der Waals surface area contributed by atoms with Crippen LogP contribution in [-0.2, 0) is 16.1 Å². The summed E-state index contributed by atoms with van der Waals surface area (Å²) in [6.07, 6.45) is 5.95. The van der Waals surface area contributed by atoms with Crippen molar-refractivity contribution in [3.05, 3.63) is 47.7 Å². The Kier molecular flexibility index (Phi) is 6.24. The van der Waals surface area contributed by atoms with Gasteiger partial charge in [0.25, 0.3) is 5.91 Å². The van der Waals surface area contributed by atoms with Gasteiger partial charge in [0.1, 0.15) is 5.84 Å². The predicted octanol–water partition coefficient (Wildman–Crippen LogP) is 3.31. The number of aliphatic imine (C=N–C) groups is 1. The van der Waals surface area contributed by atoms with Crippen molar-refractivity contribution in [2.45, 2.75) is 56.7 Å². The van der Waals surface area contributed by atoms with Gasteiger partial charge in [-0.3, -0.25) is 19.6 Å². The first-order valence-electron chi connectivity index (χ1n) is 14.1. The Morgan fingerprint density at radius 3 is 2.90 bits per heavy atom. The molecule has 204 valence electrons. The van der Waals surface area contributed by atoms with Crippen molar-refractivity contribution in [2.24, 2.45) is 10.9 Å². The molecule has 1 atom stereocenters. The van der Waals surface area contributed by atoms with Gasteiger partial charge >= 0.3 is 6.03 Å². The molecule has 2 N–H and O–H groups in total. The third kappa shape index (κ3) is 4.55. The molecule has 10 nitrogen and oxygen atoms in total. The first-order chi connectivity index (χ1) is 19.1. The maximum atomic E-state index is 13.5. The quantitative estimate of drug-likeness (QED) is 0.593. The van der Waals surface area contributed by atoms with Gasteiger partial charge in [-0.2, -0.15) is 0 Å². The average Bonchev–Trinajstić information content (AvgIpc) is 3.25. The van der Waals surface area contributed by atoms with Gasteiger partial charge in [-0.25, -0.2) is 9.78 Å². The molecule has 2 aromatic rings. The zero-order valence-corrected chi connectivity index (χ0v) is 22.0. The highest BCUT2D eigenvalue weighted by Crippen LogP contribution is 2.43. The smallest absolute Gasteiger partial charge is 0.330 e. The molecule has 10 heteroatoms. The van der Waals surface area contributed by atoms with E-state index in [1.807, 2.05) is 40.1 Å². The van der Waals surface area contributed by atoms with Crippen LogP contribution in [0.2, 0.25) is 0 Å². The molecule has 2 saturated heterocycles. The molecule has 6 aliphatic rings. The monoisotopic (exact) mass is 530 g/mol. The fraction of sp³-hybridized carbons (Fsp3) is 0.517. The molecule has 1 aromatic carbocycles. The number of carbonyl (C=O) groups excluding carboxylic acids is 2. The van der Waals surface area contributed by atoms with Gasteiger partial charge in [-0.15, -0.1) is 0 Å². The van der Waals surface area contributed by atoms with Crippen molar-refractivity contribution in [3.8, 4) is 5.75 Å². The number of fused-ring (bicyclic) bond motifs is 8. The van der Waals surface area contributed by atoms with E-state index in [0.717, 1.165) is 74.4 Å². The highest BCUT2D eigenvalue weighted by Gasteiger charge is 2.44. The maximum Gasteiger partial charge on any atom is 0.330 e. The van der Waals surface area contributed by atoms with Crippen molar-refractivity contribution < 1.29 is 19.1 Å². The lowest BCUT2D eigenvalue weighted by molar-refractivity contribution is -0.118. The summed E-state index contributed by atoms with van der Waals surface area (Å²) in [6.45, 7) is 3.39. The molecule has 0 radical (unpaired) electrons. The number of pyridine rings is 1. The van der Waals surface area contributed by atoms with E-state index < -0.39 is 0 Å². The van der Waals surface area contributed by atoms with Crippen molar-refractivity contribution in [2.75, 3.05) is 43.1 Å². The van der Waals surface area contributed by atoms with Crippen LogP contribution < -0.4 is 20.3 Å². The van der Waals surface area contributed by atoms with Gasteiger partial charge in [0.15, 0.2) is 18.2 Å². The van der Waals surface area contributed by atoms with Crippen LogP contribution in [0.5, 0.6) is 5.75 Å². The second kappa shape index (κ2) is 9.91. The van der Waals surface area contributed by atoms with Crippen molar-refractivity contribution in [1.29, 1.82) is 0 Å². The van der Waals surface area contributed by atoms with Gasteiger partial charge in [0.2, 0.25) is 0 Å². The number of hydrogen-bond acceptors (Lipinski definition) is 7. The minimum Gasteiger partial charge on any atom is -0.480 e. The van der Waals surface area contributed by atoms with Gasteiger partial charge in [0.05, 0.1) is 23.6 Å². The Morgan fingerprint density at radius 2 is 2.00 bits per heavy atom. The predicted molar refractivity (Wildman–Crippen MR) is 146 cm³/mol. The van der Waals surface area contributed by atoms with Crippen LogP contribution >= 0.6 is 0 Å². The molecule has 8 rings (SSSR count). The third-order valence-corrected chi connectivity index (χ3v) is 8.90. The second-order valence-electron chi connectivity index (χ2n) is 11.2. The number of rotatable bonds is 6. The van der Waals surface area contributed by atoms with Crippen LogP contribution in [0, 0.1) is 5.92 Å². The largest absolute Gasteiger partial charge is 0.480 e. The number of para-hydroxylation sites is 1. The standard InChI is InChI=1S/C29H34N6O4/c36-25-18-38-24-7-6-20(32-26(24)33-25)16-31-22-17-39-29(10-8-19(22)9-11-29)12-15-34-23-5-2-1-4-21(23)27-30-13-3-14-35(27)28(34)37/h1-2,4-7,19,22,31H,3,8-18H2,(H,32,33,36). The van der Waals surface area contributed by atoms with Crippen LogP contribution in [0.15, 0.2) is 41.4 Å². The number of nitrogens with zero attached hydrogens (tertiary/aromatic N) is 4. The summed E-state index contributed by atoms with van der Waals surface area (Å²) in [5, 5.41) is 6.45. The Hall–Kier alpha value is -3.50. The Labute approximate surface area is 227 Å².